The van der Waals surface area contributed by atoms with Crippen LogP contribution in [0.4, 0.5) is 0 Å². The molecule has 0 aliphatic carbocycles. The van der Waals surface area contributed by atoms with Crippen LogP contribution in [0.2, 0.25) is 0 Å². The number of benzene rings is 2. The van der Waals surface area contributed by atoms with Crippen molar-refractivity contribution in [3.63, 3.8) is 0 Å². The Morgan fingerprint density at radius 3 is 2.38 bits per heavy atom. The van der Waals surface area contributed by atoms with Gasteiger partial charge in [0.05, 0.1) is 5.92 Å². The Labute approximate surface area is 174 Å². The summed E-state index contributed by atoms with van der Waals surface area (Å²) in [4.78, 5) is 11.7. The van der Waals surface area contributed by atoms with Gasteiger partial charge in [0.2, 0.25) is 0 Å². The number of allylic oxidation sites excluding steroid dienone is 1. The van der Waals surface area contributed by atoms with Crippen molar-refractivity contribution in [2.24, 2.45) is 11.8 Å². The molecule has 1 saturated heterocycles. The Balaban J connectivity index is 1.78. The molecule has 0 aromatic heterocycles. The van der Waals surface area contributed by atoms with Gasteiger partial charge < -0.3 is 10.4 Å². The van der Waals surface area contributed by atoms with Gasteiger partial charge in [-0.2, -0.15) is 0 Å². The third-order valence-electron chi connectivity index (χ3n) is 6.31. The third kappa shape index (κ3) is 5.36. The predicted octanol–water partition coefficient (Wildman–Crippen LogP) is 5.67. The van der Waals surface area contributed by atoms with Gasteiger partial charge in [0.25, 0.3) is 0 Å². The van der Waals surface area contributed by atoms with Gasteiger partial charge in [0.1, 0.15) is 0 Å². The molecular formula is C26H33NO2. The second-order valence-electron chi connectivity index (χ2n) is 8.36. The Morgan fingerprint density at radius 2 is 1.79 bits per heavy atom. The predicted molar refractivity (Wildman–Crippen MR) is 120 cm³/mol. The highest BCUT2D eigenvalue weighted by molar-refractivity contribution is 5.71. The van der Waals surface area contributed by atoms with Crippen LogP contribution in [0, 0.1) is 11.8 Å². The van der Waals surface area contributed by atoms with Gasteiger partial charge in [0.15, 0.2) is 0 Å². The maximum Gasteiger partial charge on any atom is 0.307 e. The zero-order valence-corrected chi connectivity index (χ0v) is 17.7. The van der Waals surface area contributed by atoms with E-state index in [0.717, 1.165) is 24.2 Å². The molecule has 2 aromatic rings. The lowest BCUT2D eigenvalue weighted by atomic mass is 9.80. The summed E-state index contributed by atoms with van der Waals surface area (Å²) < 4.78 is 0. The first-order valence-electron chi connectivity index (χ1n) is 10.8. The summed E-state index contributed by atoms with van der Waals surface area (Å²) >= 11 is 0. The molecule has 154 valence electrons. The number of carboxylic acid groups (broad SMARTS) is 1. The first kappa shape index (κ1) is 21.3. The van der Waals surface area contributed by atoms with E-state index >= 15 is 0 Å². The van der Waals surface area contributed by atoms with E-state index in [1.165, 1.54) is 29.5 Å². The van der Waals surface area contributed by atoms with Crippen molar-refractivity contribution >= 4 is 5.97 Å². The largest absolute Gasteiger partial charge is 0.481 e. The van der Waals surface area contributed by atoms with E-state index in [4.69, 9.17) is 0 Å². The van der Waals surface area contributed by atoms with Crippen LogP contribution in [-0.2, 0) is 11.2 Å². The van der Waals surface area contributed by atoms with Crippen molar-refractivity contribution in [2.45, 2.75) is 45.4 Å². The average molecular weight is 392 g/mol. The van der Waals surface area contributed by atoms with Crippen LogP contribution in [-0.4, -0.2) is 24.2 Å². The molecule has 29 heavy (non-hydrogen) atoms. The van der Waals surface area contributed by atoms with Gasteiger partial charge in [-0.3, -0.25) is 4.79 Å². The summed E-state index contributed by atoms with van der Waals surface area (Å²) in [5.74, 6) is -0.504. The molecule has 0 amide bonds. The molecule has 1 fully saturated rings. The highest BCUT2D eigenvalue weighted by Crippen LogP contribution is 2.30. The van der Waals surface area contributed by atoms with Crippen molar-refractivity contribution in [2.75, 3.05) is 13.1 Å². The summed E-state index contributed by atoms with van der Waals surface area (Å²) in [6, 6.07) is 17.5. The normalized spacial score (nSPS) is 16.9. The monoisotopic (exact) mass is 391 g/mol. The number of carboxylic acids is 1. The van der Waals surface area contributed by atoms with Gasteiger partial charge in [-0.05, 0) is 79.8 Å². The maximum absolute atomic E-state index is 11.7. The molecule has 0 radical (unpaired) electrons. The molecule has 0 saturated carbocycles. The SMILES string of the molecule is C=C(C)[C@@H](Cc1cccc(-c2ccc(C3CCNCC3)cc2)c1)[C@H](CC)C(=O)O. The highest BCUT2D eigenvalue weighted by Gasteiger charge is 2.27. The Hall–Kier alpha value is -2.39. The van der Waals surface area contributed by atoms with Crippen molar-refractivity contribution in [1.82, 2.24) is 5.32 Å². The molecule has 0 spiro atoms. The second-order valence-corrected chi connectivity index (χ2v) is 8.36. The zero-order chi connectivity index (χ0) is 20.8. The van der Waals surface area contributed by atoms with Gasteiger partial charge in [-0.1, -0.05) is 67.6 Å². The Kier molecular flexibility index (Phi) is 7.27. The molecule has 1 aliphatic heterocycles. The molecule has 0 unspecified atom stereocenters. The quantitative estimate of drug-likeness (QED) is 0.570. The lowest BCUT2D eigenvalue weighted by molar-refractivity contribution is -0.143. The van der Waals surface area contributed by atoms with Crippen LogP contribution in [0.5, 0.6) is 0 Å². The lowest BCUT2D eigenvalue weighted by Crippen LogP contribution is -2.26. The minimum atomic E-state index is -0.731. The second kappa shape index (κ2) is 9.89. The zero-order valence-electron chi connectivity index (χ0n) is 17.7. The molecule has 0 bridgehead atoms. The summed E-state index contributed by atoms with van der Waals surface area (Å²) in [5, 5.41) is 13.0. The fourth-order valence-corrected chi connectivity index (χ4v) is 4.53. The van der Waals surface area contributed by atoms with Crippen LogP contribution >= 0.6 is 0 Å². The van der Waals surface area contributed by atoms with Gasteiger partial charge in [-0.15, -0.1) is 0 Å². The Morgan fingerprint density at radius 1 is 1.10 bits per heavy atom. The summed E-state index contributed by atoms with van der Waals surface area (Å²) in [5.41, 5.74) is 5.93. The van der Waals surface area contributed by atoms with Crippen molar-refractivity contribution < 1.29 is 9.90 Å². The summed E-state index contributed by atoms with van der Waals surface area (Å²) in [6.45, 7) is 10.2. The number of piperidine rings is 1. The summed E-state index contributed by atoms with van der Waals surface area (Å²) in [6.07, 6.45) is 3.74. The van der Waals surface area contributed by atoms with Crippen LogP contribution in [0.15, 0.2) is 60.7 Å². The van der Waals surface area contributed by atoms with E-state index in [-0.39, 0.29) is 11.8 Å². The topological polar surface area (TPSA) is 49.3 Å². The highest BCUT2D eigenvalue weighted by atomic mass is 16.4. The van der Waals surface area contributed by atoms with Gasteiger partial charge >= 0.3 is 5.97 Å². The Bertz CT molecular complexity index is 834. The molecule has 2 N–H and O–H groups in total. The van der Waals surface area contributed by atoms with Crippen LogP contribution < -0.4 is 5.32 Å². The third-order valence-corrected chi connectivity index (χ3v) is 6.31. The molecule has 3 heteroatoms. The fourth-order valence-electron chi connectivity index (χ4n) is 4.53. The first-order chi connectivity index (χ1) is 14.0. The van der Waals surface area contributed by atoms with Gasteiger partial charge in [-0.25, -0.2) is 0 Å². The number of nitrogens with one attached hydrogen (secondary N) is 1. The van der Waals surface area contributed by atoms with Crippen LogP contribution in [0.25, 0.3) is 11.1 Å². The smallest absolute Gasteiger partial charge is 0.307 e. The number of aliphatic carboxylic acids is 1. The fraction of sp³-hybridized carbons (Fsp3) is 0.423. The molecule has 1 aliphatic rings. The van der Waals surface area contributed by atoms with Crippen molar-refractivity contribution in [3.05, 3.63) is 71.8 Å². The van der Waals surface area contributed by atoms with E-state index in [2.05, 4.69) is 60.4 Å². The van der Waals surface area contributed by atoms with E-state index in [0.29, 0.717) is 18.8 Å². The molecule has 2 atom stereocenters. The van der Waals surface area contributed by atoms with Crippen molar-refractivity contribution in [3.8, 4) is 11.1 Å². The number of hydrogen-bond acceptors (Lipinski definition) is 2. The van der Waals surface area contributed by atoms with E-state index in [1.807, 2.05) is 13.8 Å². The number of hydrogen-bond donors (Lipinski definition) is 2. The average Bonchev–Trinajstić information content (AvgIpc) is 2.74. The molecule has 2 aromatic carbocycles. The number of carbonyl (C=O) groups is 1. The molecular weight excluding hydrogens is 358 g/mol. The molecule has 1 heterocycles. The van der Waals surface area contributed by atoms with Crippen molar-refractivity contribution in [1.29, 1.82) is 0 Å². The summed E-state index contributed by atoms with van der Waals surface area (Å²) in [7, 11) is 0. The van der Waals surface area contributed by atoms with Crippen LogP contribution in [0.3, 0.4) is 0 Å². The number of rotatable bonds is 8. The first-order valence-corrected chi connectivity index (χ1v) is 10.8. The van der Waals surface area contributed by atoms with Crippen LogP contribution in [0.1, 0.15) is 50.2 Å². The molecule has 3 rings (SSSR count). The lowest BCUT2D eigenvalue weighted by Gasteiger charge is -2.24. The molecule has 3 nitrogen and oxygen atoms in total. The van der Waals surface area contributed by atoms with Gasteiger partial charge in [0, 0.05) is 0 Å². The van der Waals surface area contributed by atoms with E-state index < -0.39 is 5.97 Å². The standard InChI is InChI=1S/C26H33NO2/c1-4-24(26(28)29)25(18(2)3)17-19-6-5-7-23(16-19)21-10-8-20(9-11-21)22-12-14-27-15-13-22/h5-11,16,22,24-25,27H,2,4,12-15,17H2,1,3H3,(H,28,29)/t24-,25+/m0/s1. The van der Waals surface area contributed by atoms with E-state index in [9.17, 15) is 9.90 Å². The minimum absolute atomic E-state index is 0.0463. The van der Waals surface area contributed by atoms with E-state index in [1.54, 1.807) is 0 Å². The maximum atomic E-state index is 11.7. The minimum Gasteiger partial charge on any atom is -0.481 e.